The molecule has 0 aromatic carbocycles. The van der Waals surface area contributed by atoms with Crippen molar-refractivity contribution in [3.05, 3.63) is 22.8 Å². The van der Waals surface area contributed by atoms with Gasteiger partial charge >= 0.3 is 11.9 Å². The summed E-state index contributed by atoms with van der Waals surface area (Å²) in [4.78, 5) is 51.7. The predicted octanol–water partition coefficient (Wildman–Crippen LogP) is 1.66. The third-order valence-electron chi connectivity index (χ3n) is 10.3. The molecule has 9 atom stereocenters. The number of esters is 2. The van der Waals surface area contributed by atoms with Gasteiger partial charge in [0.1, 0.15) is 29.2 Å². The first-order valence-electron chi connectivity index (χ1n) is 14.6. The van der Waals surface area contributed by atoms with Crippen LogP contribution in [0.1, 0.15) is 81.1 Å². The molecule has 0 aromatic heterocycles. The van der Waals surface area contributed by atoms with Crippen LogP contribution in [-0.2, 0) is 33.4 Å². The number of rotatable bonds is 6. The molecule has 4 rings (SSSR count). The number of carbonyl (C=O) groups excluding carboxylic acids is 4. The van der Waals surface area contributed by atoms with E-state index >= 15 is 0 Å². The minimum atomic E-state index is -1.89. The Hall–Kier alpha value is -2.60. The van der Waals surface area contributed by atoms with Crippen molar-refractivity contribution in [1.29, 1.82) is 0 Å². The maximum Gasteiger partial charge on any atom is 0.338 e. The standard InChI is InChI=1S/C31H45NO10/c1-15(2)11-20(32-17(4)33)24(36)27(37)42-21-13-31(39)26(41-18(5)34)25-29(8,10-9-23-30(25,38)14-40-23)22(35)12-19(16(21)3)28(31,6)7/h11,20-21,23-26,36,38-39H,9-10,12-14H2,1-8H3,(H,32,33)/t20-,21-,23+,24+,25-,26-,29-,30-,31+/m0/s1. The lowest BCUT2D eigenvalue weighted by Crippen LogP contribution is -2.77. The first kappa shape index (κ1) is 32.3. The van der Waals surface area contributed by atoms with E-state index in [-0.39, 0.29) is 25.2 Å². The molecule has 42 heavy (non-hydrogen) atoms. The first-order chi connectivity index (χ1) is 19.3. The molecule has 4 N–H and O–H groups in total. The number of nitrogens with one attached hydrogen (secondary N) is 1. The van der Waals surface area contributed by atoms with E-state index in [0.717, 1.165) is 5.57 Å². The molecule has 1 aliphatic heterocycles. The third kappa shape index (κ3) is 5.02. The normalized spacial score (nSPS) is 38.3. The van der Waals surface area contributed by atoms with Crippen LogP contribution in [0, 0.1) is 16.7 Å². The first-order valence-corrected chi connectivity index (χ1v) is 14.6. The summed E-state index contributed by atoms with van der Waals surface area (Å²) in [6.45, 7) is 12.9. The Morgan fingerprint density at radius 2 is 1.74 bits per heavy atom. The molecule has 0 aromatic rings. The van der Waals surface area contributed by atoms with E-state index in [1.54, 1.807) is 41.5 Å². The van der Waals surface area contributed by atoms with Crippen molar-refractivity contribution in [2.45, 2.75) is 123 Å². The Bertz CT molecular complexity index is 1230. The molecule has 234 valence electrons. The van der Waals surface area contributed by atoms with Gasteiger partial charge in [-0.2, -0.15) is 0 Å². The van der Waals surface area contributed by atoms with Gasteiger partial charge in [0.05, 0.1) is 18.8 Å². The van der Waals surface area contributed by atoms with Crippen LogP contribution in [0.15, 0.2) is 22.8 Å². The predicted molar refractivity (Wildman–Crippen MR) is 150 cm³/mol. The second-order valence-electron chi connectivity index (χ2n) is 13.6. The van der Waals surface area contributed by atoms with Gasteiger partial charge < -0.3 is 34.8 Å². The number of hydrogen-bond donors (Lipinski definition) is 4. The van der Waals surface area contributed by atoms with E-state index in [0.29, 0.717) is 24.0 Å². The highest BCUT2D eigenvalue weighted by molar-refractivity contribution is 5.88. The number of ether oxygens (including phenoxy) is 3. The van der Waals surface area contributed by atoms with E-state index in [9.17, 15) is 34.5 Å². The van der Waals surface area contributed by atoms with Crippen LogP contribution in [0.3, 0.4) is 0 Å². The molecule has 11 heteroatoms. The van der Waals surface area contributed by atoms with E-state index in [1.165, 1.54) is 19.9 Å². The summed E-state index contributed by atoms with van der Waals surface area (Å²) < 4.78 is 17.4. The number of ketones is 1. The fourth-order valence-corrected chi connectivity index (χ4v) is 7.79. The minimum absolute atomic E-state index is 0.0641. The van der Waals surface area contributed by atoms with Gasteiger partial charge in [0.25, 0.3) is 0 Å². The van der Waals surface area contributed by atoms with Gasteiger partial charge in [-0.1, -0.05) is 38.0 Å². The zero-order valence-electron chi connectivity index (χ0n) is 25.8. The monoisotopic (exact) mass is 591 g/mol. The summed E-state index contributed by atoms with van der Waals surface area (Å²) in [6, 6.07) is -1.05. The zero-order valence-corrected chi connectivity index (χ0v) is 25.8. The highest BCUT2D eigenvalue weighted by Crippen LogP contribution is 2.63. The summed E-state index contributed by atoms with van der Waals surface area (Å²) in [5.41, 5.74) is -3.80. The number of Topliss-reactive ketones (excluding diaryl/α,β-unsaturated/α-hetero) is 1. The molecule has 0 radical (unpaired) electrons. The van der Waals surface area contributed by atoms with Crippen LogP contribution < -0.4 is 5.32 Å². The van der Waals surface area contributed by atoms with Crippen LogP contribution >= 0.6 is 0 Å². The molecule has 1 heterocycles. The highest BCUT2D eigenvalue weighted by atomic mass is 16.6. The highest BCUT2D eigenvalue weighted by Gasteiger charge is 2.73. The number of carbonyl (C=O) groups is 4. The number of amides is 1. The molecule has 1 saturated heterocycles. The maximum atomic E-state index is 14.1. The average Bonchev–Trinajstić information content (AvgIpc) is 2.85. The van der Waals surface area contributed by atoms with Crippen molar-refractivity contribution in [1.82, 2.24) is 5.32 Å². The molecule has 2 saturated carbocycles. The van der Waals surface area contributed by atoms with Crippen LogP contribution in [-0.4, -0.2) is 87.2 Å². The van der Waals surface area contributed by atoms with Crippen molar-refractivity contribution in [3.63, 3.8) is 0 Å². The lowest BCUT2D eigenvalue weighted by atomic mass is 9.46. The Morgan fingerprint density at radius 3 is 2.26 bits per heavy atom. The second-order valence-corrected chi connectivity index (χ2v) is 13.6. The van der Waals surface area contributed by atoms with E-state index in [2.05, 4.69) is 5.32 Å². The molecule has 11 nitrogen and oxygen atoms in total. The lowest BCUT2D eigenvalue weighted by Gasteiger charge is -2.65. The maximum absolute atomic E-state index is 14.1. The van der Waals surface area contributed by atoms with Gasteiger partial charge in [0.15, 0.2) is 6.10 Å². The molecule has 0 spiro atoms. The second kappa shape index (κ2) is 10.8. The topological polar surface area (TPSA) is 169 Å². The molecule has 0 unspecified atom stereocenters. The quantitative estimate of drug-likeness (QED) is 0.263. The third-order valence-corrected chi connectivity index (χ3v) is 10.3. The summed E-state index contributed by atoms with van der Waals surface area (Å²) >= 11 is 0. The Kier molecular flexibility index (Phi) is 8.34. The number of aliphatic hydroxyl groups is 3. The lowest BCUT2D eigenvalue weighted by molar-refractivity contribution is -0.329. The summed E-state index contributed by atoms with van der Waals surface area (Å²) in [5, 5.41) is 38.0. The molecule has 3 aliphatic carbocycles. The Labute approximate surface area is 246 Å². The molecular formula is C31H45NO10. The van der Waals surface area contributed by atoms with Gasteiger partial charge in [-0.05, 0) is 39.2 Å². The summed E-state index contributed by atoms with van der Waals surface area (Å²) in [5.74, 6) is -3.33. The molecule has 4 aliphatic rings. The fourth-order valence-electron chi connectivity index (χ4n) is 7.79. The number of aliphatic hydroxyl groups excluding tert-OH is 1. The molecule has 1 amide bonds. The molecular weight excluding hydrogens is 546 g/mol. The largest absolute Gasteiger partial charge is 0.459 e. The van der Waals surface area contributed by atoms with E-state index < -0.39 is 76.3 Å². The van der Waals surface area contributed by atoms with E-state index in [4.69, 9.17) is 14.2 Å². The van der Waals surface area contributed by atoms with Crippen LogP contribution in [0.25, 0.3) is 0 Å². The smallest absolute Gasteiger partial charge is 0.338 e. The van der Waals surface area contributed by atoms with Gasteiger partial charge in [0.2, 0.25) is 5.91 Å². The number of fused-ring (bicyclic) bond motifs is 5. The Morgan fingerprint density at radius 1 is 1.10 bits per heavy atom. The van der Waals surface area contributed by atoms with Gasteiger partial charge in [-0.25, -0.2) is 4.79 Å². The van der Waals surface area contributed by atoms with Crippen molar-refractivity contribution < 1.29 is 48.7 Å². The van der Waals surface area contributed by atoms with Crippen LogP contribution in [0.5, 0.6) is 0 Å². The minimum Gasteiger partial charge on any atom is -0.459 e. The van der Waals surface area contributed by atoms with Gasteiger partial charge in [0, 0.05) is 43.4 Å². The fraction of sp³-hybridized carbons (Fsp3) is 0.742. The van der Waals surface area contributed by atoms with Crippen molar-refractivity contribution in [2.24, 2.45) is 16.7 Å². The van der Waals surface area contributed by atoms with Crippen molar-refractivity contribution in [3.8, 4) is 0 Å². The SMILES string of the molecule is CC(=O)N[C@@H](C=C(C)C)[C@@H](O)C(=O)O[C@H]1C[C@@]2(O)[C@@H](OC(C)=O)[C@@H]3[C@]4(O)CO[C@@H]4CC[C@@]3(C)C(=O)CC(=C1C)C2(C)C. The van der Waals surface area contributed by atoms with Crippen LogP contribution in [0.2, 0.25) is 0 Å². The van der Waals surface area contributed by atoms with Gasteiger partial charge in [-0.3, -0.25) is 14.4 Å². The van der Waals surface area contributed by atoms with Gasteiger partial charge in [-0.15, -0.1) is 0 Å². The number of hydrogen-bond acceptors (Lipinski definition) is 10. The van der Waals surface area contributed by atoms with E-state index in [1.807, 2.05) is 0 Å². The average molecular weight is 592 g/mol. The number of allylic oxidation sites excluding steroid dienone is 1. The zero-order chi connectivity index (χ0) is 31.6. The van der Waals surface area contributed by atoms with Crippen LogP contribution in [0.4, 0.5) is 0 Å². The summed E-state index contributed by atoms with van der Waals surface area (Å²) in [7, 11) is 0. The van der Waals surface area contributed by atoms with Crippen molar-refractivity contribution >= 4 is 23.6 Å². The van der Waals surface area contributed by atoms with Crippen molar-refractivity contribution in [2.75, 3.05) is 6.61 Å². The Balaban J connectivity index is 1.81. The summed E-state index contributed by atoms with van der Waals surface area (Å²) in [6.07, 6.45) is -2.68. The molecule has 3 fully saturated rings. The molecule has 2 bridgehead atoms.